The lowest BCUT2D eigenvalue weighted by Crippen LogP contribution is -2.03. The number of para-hydroxylation sites is 1. The van der Waals surface area contributed by atoms with Crippen molar-refractivity contribution in [1.29, 1.82) is 0 Å². The minimum atomic E-state index is -0.928. The number of hydrogen-bond donors (Lipinski definition) is 3. The van der Waals surface area contributed by atoms with Crippen molar-refractivity contribution in [3.63, 3.8) is 0 Å². The largest absolute Gasteiger partial charge is 0.478 e. The number of nitrogens with one attached hydrogen (secondary N) is 1. The molecule has 0 saturated heterocycles. The van der Waals surface area contributed by atoms with E-state index in [0.29, 0.717) is 5.69 Å². The van der Waals surface area contributed by atoms with Gasteiger partial charge in [-0.25, -0.2) is 4.79 Å². The molecule has 2 N–H and O–H groups in total. The van der Waals surface area contributed by atoms with Gasteiger partial charge in [-0.1, -0.05) is 30.3 Å². The molecule has 2 aromatic carbocycles. The van der Waals surface area contributed by atoms with Gasteiger partial charge in [0.25, 0.3) is 0 Å². The molecule has 0 radical (unpaired) electrons. The van der Waals surface area contributed by atoms with Crippen molar-refractivity contribution < 1.29 is 9.90 Å². The first-order chi connectivity index (χ1) is 8.77. The first-order valence-corrected chi connectivity index (χ1v) is 6.40. The summed E-state index contributed by atoms with van der Waals surface area (Å²) in [5, 5.41) is 12.1. The van der Waals surface area contributed by atoms with Crippen LogP contribution < -0.4 is 5.32 Å². The molecule has 0 unspecified atom stereocenters. The van der Waals surface area contributed by atoms with Crippen molar-refractivity contribution in [3.8, 4) is 0 Å². The van der Waals surface area contributed by atoms with Crippen molar-refractivity contribution in [1.82, 2.24) is 0 Å². The van der Waals surface area contributed by atoms with E-state index in [4.69, 9.17) is 5.11 Å². The van der Waals surface area contributed by atoms with Crippen LogP contribution >= 0.6 is 11.4 Å². The Labute approximate surface area is 109 Å². The van der Waals surface area contributed by atoms with Gasteiger partial charge >= 0.3 is 5.97 Å². The number of hydrogen-bond acceptors (Lipinski definition) is 1. The lowest BCUT2D eigenvalue weighted by atomic mass is 10.2. The highest BCUT2D eigenvalue weighted by molar-refractivity contribution is 7.97. The molecule has 0 bridgehead atoms. The average molecular weight is 259 g/mol. The smallest absolute Gasteiger partial charge is 0.337 e. The van der Waals surface area contributed by atoms with Gasteiger partial charge in [-0.05, 0) is 24.3 Å². The third kappa shape index (κ3) is 3.21. The predicted octanol–water partition coefficient (Wildman–Crippen LogP) is 3.08. The Balaban J connectivity index is 2.11. The fourth-order valence-corrected chi connectivity index (χ4v) is 2.18. The van der Waals surface area contributed by atoms with Crippen LogP contribution in [0.2, 0.25) is 0 Å². The lowest BCUT2D eigenvalue weighted by molar-refractivity contribution is 0.0698. The molecule has 0 heterocycles. The number of carboxylic acids is 1. The second kappa shape index (κ2) is 6.02. The zero-order valence-corrected chi connectivity index (χ0v) is 10.5. The minimum Gasteiger partial charge on any atom is -0.478 e. The normalized spacial score (nSPS) is 10.9. The van der Waals surface area contributed by atoms with Gasteiger partial charge in [0.05, 0.1) is 11.3 Å². The maximum atomic E-state index is 11.0. The molecule has 0 aliphatic heterocycles. The number of carbonyl (C=O) groups is 1. The fourth-order valence-electron chi connectivity index (χ4n) is 1.49. The average Bonchev–Trinajstić information content (AvgIpc) is 2.40. The SMILES string of the molecule is O=C(O)c1ccccc1NC=[SH]c1ccccc1. The molecular weight excluding hydrogens is 246 g/mol. The third-order valence-corrected chi connectivity index (χ3v) is 3.20. The lowest BCUT2D eigenvalue weighted by Gasteiger charge is -2.04. The van der Waals surface area contributed by atoms with Crippen LogP contribution in [0.5, 0.6) is 0 Å². The highest BCUT2D eigenvalue weighted by atomic mass is 32.1. The molecule has 18 heavy (non-hydrogen) atoms. The van der Waals surface area contributed by atoms with Gasteiger partial charge < -0.3 is 10.4 Å². The molecule has 0 spiro atoms. The van der Waals surface area contributed by atoms with Gasteiger partial charge in [-0.3, -0.25) is 0 Å². The Morgan fingerprint density at radius 2 is 1.72 bits per heavy atom. The molecule has 0 amide bonds. The monoisotopic (exact) mass is 259 g/mol. The number of thiol groups is 1. The maximum absolute atomic E-state index is 11.0. The minimum absolute atomic E-state index is 0.275. The Morgan fingerprint density at radius 1 is 1.06 bits per heavy atom. The maximum Gasteiger partial charge on any atom is 0.337 e. The van der Waals surface area contributed by atoms with Crippen LogP contribution in [0.25, 0.3) is 0 Å². The molecule has 0 aliphatic carbocycles. The van der Waals surface area contributed by atoms with Crippen LogP contribution in [-0.4, -0.2) is 16.6 Å². The van der Waals surface area contributed by atoms with E-state index in [1.165, 1.54) is 0 Å². The first kappa shape index (κ1) is 12.4. The van der Waals surface area contributed by atoms with Crippen molar-refractivity contribution in [3.05, 3.63) is 60.2 Å². The van der Waals surface area contributed by atoms with E-state index in [1.807, 2.05) is 41.9 Å². The Morgan fingerprint density at radius 3 is 2.44 bits per heavy atom. The molecule has 0 aliphatic rings. The molecule has 0 atom stereocenters. The zero-order valence-electron chi connectivity index (χ0n) is 9.58. The van der Waals surface area contributed by atoms with Crippen LogP contribution in [0.3, 0.4) is 0 Å². The molecule has 2 rings (SSSR count). The van der Waals surface area contributed by atoms with Gasteiger partial charge in [0.2, 0.25) is 0 Å². The quantitative estimate of drug-likeness (QED) is 0.584. The number of aromatic carboxylic acids is 1. The van der Waals surface area contributed by atoms with Crippen LogP contribution in [0.15, 0.2) is 59.5 Å². The molecule has 0 aromatic heterocycles. The Bertz CT molecular complexity index is 567. The summed E-state index contributed by atoms with van der Waals surface area (Å²) in [6.07, 6.45) is 0. The molecule has 3 nitrogen and oxygen atoms in total. The van der Waals surface area contributed by atoms with Crippen molar-refractivity contribution in [2.75, 3.05) is 5.32 Å². The molecule has 0 saturated carbocycles. The Kier molecular flexibility index (Phi) is 4.15. The molecule has 4 heteroatoms. The van der Waals surface area contributed by atoms with Crippen LogP contribution in [0, 0.1) is 0 Å². The van der Waals surface area contributed by atoms with E-state index in [9.17, 15) is 4.79 Å². The van der Waals surface area contributed by atoms with Gasteiger partial charge in [0.1, 0.15) is 0 Å². The summed E-state index contributed by atoms with van der Waals surface area (Å²) in [5.74, 6) is -0.928. The van der Waals surface area contributed by atoms with Gasteiger partial charge in [-0.15, -0.1) is 0 Å². The van der Waals surface area contributed by atoms with E-state index in [1.54, 1.807) is 18.2 Å². The van der Waals surface area contributed by atoms with E-state index < -0.39 is 5.97 Å². The number of benzene rings is 2. The zero-order chi connectivity index (χ0) is 12.8. The van der Waals surface area contributed by atoms with Gasteiger partial charge in [0.15, 0.2) is 0 Å². The summed E-state index contributed by atoms with van der Waals surface area (Å²) in [5.41, 5.74) is 2.71. The standard InChI is InChI=1S/C14H13NO2S/c16-14(17)12-8-4-5-9-13(12)15-10-18-11-6-2-1-3-7-11/h1-10,15,18H,(H,16,17). The fraction of sp³-hybridized carbons (Fsp3) is 0. The van der Waals surface area contributed by atoms with Crippen LogP contribution in [0.4, 0.5) is 5.69 Å². The second-order valence-corrected chi connectivity index (χ2v) is 4.62. The van der Waals surface area contributed by atoms with Crippen LogP contribution in [0.1, 0.15) is 10.4 Å². The summed E-state index contributed by atoms with van der Waals surface area (Å²) >= 11 is 0.999. The van der Waals surface area contributed by atoms with Crippen molar-refractivity contribution in [2.24, 2.45) is 0 Å². The predicted molar refractivity (Wildman–Crippen MR) is 76.8 cm³/mol. The second-order valence-electron chi connectivity index (χ2n) is 3.59. The molecular formula is C14H13NO2S. The molecule has 0 fully saturated rings. The van der Waals surface area contributed by atoms with E-state index in [-0.39, 0.29) is 5.56 Å². The molecule has 2 aromatic rings. The molecule has 92 valence electrons. The first-order valence-electron chi connectivity index (χ1n) is 5.44. The third-order valence-electron chi connectivity index (χ3n) is 2.35. The topological polar surface area (TPSA) is 49.3 Å². The summed E-state index contributed by atoms with van der Waals surface area (Å²) in [6, 6.07) is 16.8. The summed E-state index contributed by atoms with van der Waals surface area (Å²) < 4.78 is 0. The van der Waals surface area contributed by atoms with Crippen molar-refractivity contribution in [2.45, 2.75) is 4.90 Å². The summed E-state index contributed by atoms with van der Waals surface area (Å²) in [7, 11) is 0. The van der Waals surface area contributed by atoms with E-state index in [0.717, 1.165) is 16.2 Å². The number of anilines is 1. The van der Waals surface area contributed by atoms with Crippen molar-refractivity contribution >= 4 is 28.5 Å². The van der Waals surface area contributed by atoms with E-state index in [2.05, 4.69) is 5.32 Å². The van der Waals surface area contributed by atoms with Gasteiger partial charge in [-0.2, -0.15) is 11.4 Å². The Hall–Kier alpha value is -2.07. The summed E-state index contributed by atoms with van der Waals surface area (Å²) in [6.45, 7) is 0. The highest BCUT2D eigenvalue weighted by Gasteiger charge is 2.06. The van der Waals surface area contributed by atoms with E-state index >= 15 is 0 Å². The highest BCUT2D eigenvalue weighted by Crippen LogP contribution is 2.15. The number of carboxylic acid groups (broad SMARTS) is 1. The number of rotatable bonds is 4. The van der Waals surface area contributed by atoms with Gasteiger partial charge in [0, 0.05) is 10.4 Å². The summed E-state index contributed by atoms with van der Waals surface area (Å²) in [4.78, 5) is 12.1. The van der Waals surface area contributed by atoms with Crippen LogP contribution in [-0.2, 0) is 0 Å².